The van der Waals surface area contributed by atoms with Crippen molar-refractivity contribution < 1.29 is 22.5 Å². The van der Waals surface area contributed by atoms with Gasteiger partial charge in [0.05, 0.1) is 12.2 Å². The number of rotatable bonds is 7. The van der Waals surface area contributed by atoms with Crippen molar-refractivity contribution in [2.75, 3.05) is 11.6 Å². The number of carbonyl (C=O) groups is 1. The molecule has 0 spiro atoms. The van der Waals surface area contributed by atoms with E-state index in [-0.39, 0.29) is 5.75 Å². The van der Waals surface area contributed by atoms with Crippen molar-refractivity contribution in [3.05, 3.63) is 71.8 Å². The van der Waals surface area contributed by atoms with Crippen molar-refractivity contribution in [3.8, 4) is 5.75 Å². The van der Waals surface area contributed by atoms with Gasteiger partial charge in [-0.15, -0.1) is 0 Å². The Morgan fingerprint density at radius 1 is 1.04 bits per heavy atom. The van der Waals surface area contributed by atoms with Crippen LogP contribution in [-0.2, 0) is 21.5 Å². The molecule has 3 aromatic carbocycles. The first kappa shape index (κ1) is 19.7. The van der Waals surface area contributed by atoms with Crippen LogP contribution in [-0.4, -0.2) is 25.7 Å². The highest BCUT2D eigenvalue weighted by atomic mass is 32.2. The number of benzene rings is 3. The van der Waals surface area contributed by atoms with Crippen molar-refractivity contribution in [3.63, 3.8) is 0 Å². The molecule has 0 saturated carbocycles. The van der Waals surface area contributed by atoms with Crippen molar-refractivity contribution in [1.29, 1.82) is 0 Å². The van der Waals surface area contributed by atoms with Crippen LogP contribution in [0.1, 0.15) is 24.0 Å². The first-order valence-electron chi connectivity index (χ1n) is 8.70. The van der Waals surface area contributed by atoms with Crippen LogP contribution in [0.25, 0.3) is 10.8 Å². The summed E-state index contributed by atoms with van der Waals surface area (Å²) in [5.41, 5.74) is 2.72. The molecule has 0 saturated heterocycles. The molecule has 28 heavy (non-hydrogen) atoms. The molecule has 0 aromatic heterocycles. The largest absolute Gasteiger partial charge is 0.481 e. The molecule has 1 unspecified atom stereocenters. The molecular formula is C21H21NO5S. The van der Waals surface area contributed by atoms with Gasteiger partial charge in [-0.25, -0.2) is 0 Å². The summed E-state index contributed by atoms with van der Waals surface area (Å²) in [5, 5.41) is 14.2. The highest BCUT2D eigenvalue weighted by Crippen LogP contribution is 2.24. The zero-order valence-corrected chi connectivity index (χ0v) is 16.4. The second-order valence-corrected chi connectivity index (χ2v) is 8.24. The monoisotopic (exact) mass is 399 g/mol. The second-order valence-electron chi connectivity index (χ2n) is 6.67. The molecule has 0 amide bonds. The number of hydrogen-bond acceptors (Lipinski definition) is 5. The Labute approximate surface area is 163 Å². The molecular weight excluding hydrogens is 378 g/mol. The number of carboxylic acids is 1. The summed E-state index contributed by atoms with van der Waals surface area (Å²) < 4.78 is 27.4. The lowest BCUT2D eigenvalue weighted by Gasteiger charge is -2.11. The van der Waals surface area contributed by atoms with Gasteiger partial charge in [-0.1, -0.05) is 30.3 Å². The Balaban J connectivity index is 1.69. The molecule has 6 nitrogen and oxygen atoms in total. The van der Waals surface area contributed by atoms with Gasteiger partial charge in [0.1, 0.15) is 5.75 Å². The first-order valence-corrected chi connectivity index (χ1v) is 10.5. The van der Waals surface area contributed by atoms with Gasteiger partial charge < -0.3 is 14.6 Å². The topological polar surface area (TPSA) is 92.7 Å². The summed E-state index contributed by atoms with van der Waals surface area (Å²) in [5.74, 6) is -1.09. The maximum absolute atomic E-state index is 11.2. The van der Waals surface area contributed by atoms with Gasteiger partial charge in [-0.05, 0) is 59.2 Å². The summed E-state index contributed by atoms with van der Waals surface area (Å²) >= 11 is 0. The van der Waals surface area contributed by atoms with Crippen LogP contribution in [0.3, 0.4) is 0 Å². The van der Waals surface area contributed by atoms with E-state index >= 15 is 0 Å². The SMILES string of the molecule is CC(C(=O)O)c1ccc(NCc2ccc3cc(OS(C)(=O)=O)ccc3c2)cc1. The van der Waals surface area contributed by atoms with E-state index < -0.39 is 22.0 Å². The number of nitrogens with one attached hydrogen (secondary N) is 1. The van der Waals surface area contributed by atoms with Crippen molar-refractivity contribution >= 4 is 32.5 Å². The lowest BCUT2D eigenvalue weighted by atomic mass is 10.0. The zero-order chi connectivity index (χ0) is 20.3. The molecule has 0 aliphatic rings. The fraction of sp³-hybridized carbons (Fsp3) is 0.190. The number of aliphatic carboxylic acids is 1. The van der Waals surface area contributed by atoms with E-state index in [0.717, 1.165) is 33.8 Å². The van der Waals surface area contributed by atoms with Gasteiger partial charge >= 0.3 is 16.1 Å². The molecule has 3 aromatic rings. The summed E-state index contributed by atoms with van der Waals surface area (Å²) in [6, 6.07) is 18.4. The normalized spacial score (nSPS) is 12.5. The van der Waals surface area contributed by atoms with Crippen LogP contribution in [0.2, 0.25) is 0 Å². The summed E-state index contributed by atoms with van der Waals surface area (Å²) in [4.78, 5) is 11.0. The molecule has 2 N–H and O–H groups in total. The van der Waals surface area contributed by atoms with Crippen LogP contribution in [0.4, 0.5) is 5.69 Å². The molecule has 1 atom stereocenters. The van der Waals surface area contributed by atoms with Gasteiger partial charge in [0.2, 0.25) is 0 Å². The van der Waals surface area contributed by atoms with Crippen LogP contribution in [0.15, 0.2) is 60.7 Å². The summed E-state index contributed by atoms with van der Waals surface area (Å²) in [6.07, 6.45) is 1.01. The number of fused-ring (bicyclic) bond motifs is 1. The van der Waals surface area contributed by atoms with E-state index in [9.17, 15) is 13.2 Å². The average Bonchev–Trinajstić information content (AvgIpc) is 2.64. The first-order chi connectivity index (χ1) is 13.2. The van der Waals surface area contributed by atoms with Crippen LogP contribution >= 0.6 is 0 Å². The standard InChI is InChI=1S/C21H21NO5S/c1-14(21(23)24)16-5-8-19(9-6-16)22-13-15-3-4-18-12-20(27-28(2,25)26)10-7-17(18)11-15/h3-12,14,22H,13H2,1-2H3,(H,23,24). The predicted molar refractivity (Wildman–Crippen MR) is 109 cm³/mol. The Kier molecular flexibility index (Phi) is 5.56. The van der Waals surface area contributed by atoms with Crippen molar-refractivity contribution in [1.82, 2.24) is 0 Å². The van der Waals surface area contributed by atoms with E-state index in [2.05, 4.69) is 5.32 Å². The molecule has 7 heteroatoms. The van der Waals surface area contributed by atoms with Gasteiger partial charge in [0, 0.05) is 12.2 Å². The van der Waals surface area contributed by atoms with E-state index in [1.165, 1.54) is 0 Å². The lowest BCUT2D eigenvalue weighted by Crippen LogP contribution is -2.07. The smallest absolute Gasteiger partial charge is 0.310 e. The number of carboxylic acid groups (broad SMARTS) is 1. The Bertz CT molecular complexity index is 1110. The van der Waals surface area contributed by atoms with E-state index in [1.807, 2.05) is 48.5 Å². The second kappa shape index (κ2) is 7.90. The van der Waals surface area contributed by atoms with E-state index in [1.54, 1.807) is 19.1 Å². The van der Waals surface area contributed by atoms with Crippen molar-refractivity contribution in [2.45, 2.75) is 19.4 Å². The van der Waals surface area contributed by atoms with E-state index in [0.29, 0.717) is 6.54 Å². The molecule has 0 fully saturated rings. The third-order valence-corrected chi connectivity index (χ3v) is 4.90. The molecule has 0 heterocycles. The predicted octanol–water partition coefficient (Wildman–Crippen LogP) is 3.98. The van der Waals surface area contributed by atoms with Gasteiger partial charge in [0.15, 0.2) is 0 Å². The maximum Gasteiger partial charge on any atom is 0.310 e. The molecule has 146 valence electrons. The van der Waals surface area contributed by atoms with Gasteiger partial charge in [-0.2, -0.15) is 8.42 Å². The third-order valence-electron chi connectivity index (χ3n) is 4.40. The quantitative estimate of drug-likeness (QED) is 0.584. The number of hydrogen-bond donors (Lipinski definition) is 2. The molecule has 0 bridgehead atoms. The molecule has 3 rings (SSSR count). The fourth-order valence-corrected chi connectivity index (χ4v) is 3.30. The minimum Gasteiger partial charge on any atom is -0.481 e. The van der Waals surface area contributed by atoms with Gasteiger partial charge in [-0.3, -0.25) is 4.79 Å². The Hall–Kier alpha value is -3.06. The highest BCUT2D eigenvalue weighted by molar-refractivity contribution is 7.86. The fourth-order valence-electron chi connectivity index (χ4n) is 2.85. The maximum atomic E-state index is 11.2. The Morgan fingerprint density at radius 3 is 2.32 bits per heavy atom. The minimum atomic E-state index is -3.55. The number of anilines is 1. The highest BCUT2D eigenvalue weighted by Gasteiger charge is 2.13. The average molecular weight is 399 g/mol. The van der Waals surface area contributed by atoms with Crippen molar-refractivity contribution in [2.24, 2.45) is 0 Å². The summed E-state index contributed by atoms with van der Waals surface area (Å²) in [6.45, 7) is 2.26. The summed E-state index contributed by atoms with van der Waals surface area (Å²) in [7, 11) is -3.55. The molecule has 0 aliphatic carbocycles. The van der Waals surface area contributed by atoms with Crippen LogP contribution in [0, 0.1) is 0 Å². The van der Waals surface area contributed by atoms with E-state index in [4.69, 9.17) is 9.29 Å². The van der Waals surface area contributed by atoms with Gasteiger partial charge in [0.25, 0.3) is 0 Å². The molecule has 0 radical (unpaired) electrons. The van der Waals surface area contributed by atoms with Crippen LogP contribution in [0.5, 0.6) is 5.75 Å². The zero-order valence-electron chi connectivity index (χ0n) is 15.5. The molecule has 0 aliphatic heterocycles. The lowest BCUT2D eigenvalue weighted by molar-refractivity contribution is -0.138. The van der Waals surface area contributed by atoms with Crippen LogP contribution < -0.4 is 9.50 Å². The Morgan fingerprint density at radius 2 is 1.68 bits per heavy atom. The minimum absolute atomic E-state index is 0.288. The third kappa shape index (κ3) is 5.01.